The molecule has 1 amide bonds. The lowest BCUT2D eigenvalue weighted by Gasteiger charge is -2.28. The highest BCUT2D eigenvalue weighted by molar-refractivity contribution is 6.01. The Balaban J connectivity index is 0.00000109. The Morgan fingerprint density at radius 3 is 2.72 bits per heavy atom. The maximum Gasteiger partial charge on any atom is 0.279 e. The van der Waals surface area contributed by atoms with Crippen LogP contribution in [0.3, 0.4) is 0 Å². The Morgan fingerprint density at radius 1 is 1.28 bits per heavy atom. The number of anilines is 2. The molecule has 1 N–H and O–H groups in total. The van der Waals surface area contributed by atoms with Crippen LogP contribution in [-0.4, -0.2) is 29.1 Å². The van der Waals surface area contributed by atoms with Crippen LogP contribution in [0.5, 0.6) is 0 Å². The molecule has 0 saturated heterocycles. The van der Waals surface area contributed by atoms with Gasteiger partial charge in [-0.1, -0.05) is 19.9 Å². The highest BCUT2D eigenvalue weighted by Gasteiger charge is 2.28. The van der Waals surface area contributed by atoms with Gasteiger partial charge in [-0.3, -0.25) is 14.6 Å². The third-order valence-electron chi connectivity index (χ3n) is 3.73. The van der Waals surface area contributed by atoms with Crippen LogP contribution in [0, 0.1) is 12.7 Å². The fourth-order valence-corrected chi connectivity index (χ4v) is 2.63. The minimum absolute atomic E-state index is 0.231. The zero-order valence-corrected chi connectivity index (χ0v) is 15.1. The van der Waals surface area contributed by atoms with E-state index < -0.39 is 0 Å². The number of fused-ring (bicyclic) bond motifs is 1. The fourth-order valence-electron chi connectivity index (χ4n) is 2.63. The Morgan fingerprint density at radius 2 is 2.04 bits per heavy atom. The van der Waals surface area contributed by atoms with E-state index in [0.717, 1.165) is 11.1 Å². The van der Waals surface area contributed by atoms with E-state index in [-0.39, 0.29) is 11.7 Å². The Kier molecular flexibility index (Phi) is 6.47. The number of halogens is 1. The minimum Gasteiger partial charge on any atom is -0.351 e. The zero-order valence-electron chi connectivity index (χ0n) is 15.1. The molecule has 2 heterocycles. The third kappa shape index (κ3) is 4.14. The molecule has 3 rings (SSSR count). The maximum atomic E-state index is 14.1. The lowest BCUT2D eigenvalue weighted by atomic mass is 10.0. The highest BCUT2D eigenvalue weighted by atomic mass is 19.1. The Hall–Kier alpha value is -2.47. The van der Waals surface area contributed by atoms with Crippen molar-refractivity contribution in [3.63, 3.8) is 0 Å². The van der Waals surface area contributed by atoms with Crippen molar-refractivity contribution in [2.24, 2.45) is 0 Å². The molecule has 0 unspecified atom stereocenters. The standard InChI is InChI=1S/C17H18FN3O2.C2H6/c1-3-23-21-7-6-12-9-19-10-15(16(12)17(21)22)20-14-5-4-11(2)8-13(14)18;1-2/h4-5,8-10,20H,3,6-7H2,1-2H3;1-2H3. The number of hydrogen-bond acceptors (Lipinski definition) is 4. The first kappa shape index (κ1) is 18.9. The molecule has 0 aliphatic carbocycles. The molecule has 2 aromatic rings. The predicted octanol–water partition coefficient (Wildman–Crippen LogP) is 4.25. The molecule has 0 radical (unpaired) electrons. The molecule has 5 nitrogen and oxygen atoms in total. The first-order valence-electron chi connectivity index (χ1n) is 8.55. The van der Waals surface area contributed by atoms with Gasteiger partial charge < -0.3 is 5.32 Å². The number of rotatable bonds is 4. The molecule has 0 spiro atoms. The van der Waals surface area contributed by atoms with Crippen LogP contribution in [0.25, 0.3) is 0 Å². The summed E-state index contributed by atoms with van der Waals surface area (Å²) in [4.78, 5) is 22.1. The predicted molar refractivity (Wildman–Crippen MR) is 96.4 cm³/mol. The van der Waals surface area contributed by atoms with Crippen molar-refractivity contribution in [3.8, 4) is 0 Å². The summed E-state index contributed by atoms with van der Waals surface area (Å²) in [5, 5.41) is 4.33. The second-order valence-electron chi connectivity index (χ2n) is 5.40. The summed E-state index contributed by atoms with van der Waals surface area (Å²) in [6.45, 7) is 8.56. The average Bonchev–Trinajstić information content (AvgIpc) is 2.62. The number of benzene rings is 1. The van der Waals surface area contributed by atoms with Gasteiger partial charge >= 0.3 is 0 Å². The SMILES string of the molecule is CC.CCON1CCc2cncc(Nc3ccc(C)cc3F)c2C1=O. The molecule has 6 heteroatoms. The van der Waals surface area contributed by atoms with Crippen LogP contribution in [0.15, 0.2) is 30.6 Å². The second kappa shape index (κ2) is 8.58. The van der Waals surface area contributed by atoms with Gasteiger partial charge in [-0.25, -0.2) is 9.45 Å². The van der Waals surface area contributed by atoms with E-state index in [2.05, 4.69) is 10.3 Å². The number of nitrogens with zero attached hydrogens (tertiary/aromatic N) is 2. The summed E-state index contributed by atoms with van der Waals surface area (Å²) in [5.74, 6) is -0.599. The molecule has 1 aliphatic rings. The van der Waals surface area contributed by atoms with E-state index in [4.69, 9.17) is 4.84 Å². The van der Waals surface area contributed by atoms with E-state index in [1.54, 1.807) is 12.3 Å². The first-order chi connectivity index (χ1) is 12.1. The van der Waals surface area contributed by atoms with Crippen LogP contribution in [-0.2, 0) is 11.3 Å². The van der Waals surface area contributed by atoms with Gasteiger partial charge in [0.25, 0.3) is 5.91 Å². The maximum absolute atomic E-state index is 14.1. The summed E-state index contributed by atoms with van der Waals surface area (Å²) >= 11 is 0. The molecule has 1 aromatic carbocycles. The minimum atomic E-state index is -0.368. The van der Waals surface area contributed by atoms with E-state index in [1.807, 2.05) is 33.8 Å². The Bertz CT molecular complexity index is 749. The molecular formula is C19H24FN3O2. The monoisotopic (exact) mass is 345 g/mol. The molecule has 0 atom stereocenters. The molecule has 0 bridgehead atoms. The zero-order chi connectivity index (χ0) is 18.4. The number of aryl methyl sites for hydroxylation is 1. The van der Waals surface area contributed by atoms with Crippen LogP contribution < -0.4 is 5.32 Å². The molecule has 0 saturated carbocycles. The third-order valence-corrected chi connectivity index (χ3v) is 3.73. The van der Waals surface area contributed by atoms with E-state index in [1.165, 1.54) is 17.3 Å². The lowest BCUT2D eigenvalue weighted by Crippen LogP contribution is -2.38. The summed E-state index contributed by atoms with van der Waals surface area (Å²) in [7, 11) is 0. The summed E-state index contributed by atoms with van der Waals surface area (Å²) in [6, 6.07) is 4.90. The van der Waals surface area contributed by atoms with Gasteiger partial charge in [0.15, 0.2) is 0 Å². The summed E-state index contributed by atoms with van der Waals surface area (Å²) in [5.41, 5.74) is 2.95. The van der Waals surface area contributed by atoms with E-state index in [9.17, 15) is 9.18 Å². The van der Waals surface area contributed by atoms with Gasteiger partial charge in [0.2, 0.25) is 0 Å². The van der Waals surface area contributed by atoms with E-state index in [0.29, 0.717) is 36.5 Å². The number of carbonyl (C=O) groups is 1. The van der Waals surface area contributed by atoms with Gasteiger partial charge in [-0.15, -0.1) is 0 Å². The van der Waals surface area contributed by atoms with Crippen LogP contribution in [0.1, 0.15) is 42.3 Å². The number of hydroxylamine groups is 2. The van der Waals surface area contributed by atoms with Gasteiger partial charge in [-0.05, 0) is 43.5 Å². The number of hydrogen-bond donors (Lipinski definition) is 1. The molecule has 25 heavy (non-hydrogen) atoms. The molecule has 0 fully saturated rings. The normalized spacial score (nSPS) is 13.0. The second-order valence-corrected chi connectivity index (χ2v) is 5.40. The quantitative estimate of drug-likeness (QED) is 0.900. The number of carbonyl (C=O) groups excluding carboxylic acids is 1. The van der Waals surface area contributed by atoms with Crippen molar-refractivity contribution in [2.75, 3.05) is 18.5 Å². The van der Waals surface area contributed by atoms with E-state index >= 15 is 0 Å². The van der Waals surface area contributed by atoms with Crippen molar-refractivity contribution in [3.05, 3.63) is 53.1 Å². The van der Waals surface area contributed by atoms with Crippen molar-refractivity contribution < 1.29 is 14.0 Å². The Labute approximate surface area is 147 Å². The average molecular weight is 345 g/mol. The van der Waals surface area contributed by atoms with Gasteiger partial charge in [0, 0.05) is 6.20 Å². The van der Waals surface area contributed by atoms with Crippen molar-refractivity contribution in [1.29, 1.82) is 0 Å². The van der Waals surface area contributed by atoms with Crippen molar-refractivity contribution in [2.45, 2.75) is 34.1 Å². The smallest absolute Gasteiger partial charge is 0.279 e. The molecular weight excluding hydrogens is 321 g/mol. The summed E-state index contributed by atoms with van der Waals surface area (Å²) in [6.07, 6.45) is 3.86. The van der Waals surface area contributed by atoms with Crippen molar-refractivity contribution >= 4 is 17.3 Å². The number of amides is 1. The van der Waals surface area contributed by atoms with Crippen molar-refractivity contribution in [1.82, 2.24) is 10.0 Å². The van der Waals surface area contributed by atoms with Gasteiger partial charge in [-0.2, -0.15) is 0 Å². The molecule has 134 valence electrons. The molecule has 1 aromatic heterocycles. The topological polar surface area (TPSA) is 54.5 Å². The lowest BCUT2D eigenvalue weighted by molar-refractivity contribution is -0.120. The van der Waals surface area contributed by atoms with Crippen LogP contribution in [0.2, 0.25) is 0 Å². The van der Waals surface area contributed by atoms with Gasteiger partial charge in [0.05, 0.1) is 36.3 Å². The van der Waals surface area contributed by atoms with Gasteiger partial charge in [0.1, 0.15) is 5.82 Å². The number of aromatic nitrogens is 1. The fraction of sp³-hybridized carbons (Fsp3) is 0.368. The van der Waals surface area contributed by atoms with Crippen LogP contribution >= 0.6 is 0 Å². The highest BCUT2D eigenvalue weighted by Crippen LogP contribution is 2.29. The largest absolute Gasteiger partial charge is 0.351 e. The summed E-state index contributed by atoms with van der Waals surface area (Å²) < 4.78 is 14.1. The first-order valence-corrected chi connectivity index (χ1v) is 8.55. The van der Waals surface area contributed by atoms with Crippen LogP contribution in [0.4, 0.5) is 15.8 Å². The number of nitrogens with one attached hydrogen (secondary N) is 1. The molecule has 1 aliphatic heterocycles. The number of pyridine rings is 1.